The Balaban J connectivity index is 2.03. The summed E-state index contributed by atoms with van der Waals surface area (Å²) in [5, 5.41) is 2.83. The van der Waals surface area contributed by atoms with Crippen LogP contribution in [0.1, 0.15) is 18.5 Å². The molecule has 2 aromatic rings. The van der Waals surface area contributed by atoms with Crippen molar-refractivity contribution in [1.29, 1.82) is 0 Å². The molecule has 1 aliphatic heterocycles. The molecule has 0 saturated carbocycles. The minimum Gasteiger partial charge on any atom is -0.326 e. The number of hydrogen-bond donors (Lipinski definition) is 2. The van der Waals surface area contributed by atoms with Crippen LogP contribution in [0, 0.1) is 0 Å². The Morgan fingerprint density at radius 1 is 1.30 bits per heavy atom. The first-order valence-corrected chi connectivity index (χ1v) is 7.65. The lowest BCUT2D eigenvalue weighted by Gasteiger charge is -2.32. The summed E-state index contributed by atoms with van der Waals surface area (Å²) in [6.45, 7) is 1.30. The maximum Gasteiger partial charge on any atom is 0.433 e. The number of benzene rings is 1. The summed E-state index contributed by atoms with van der Waals surface area (Å²) in [6, 6.07) is 5.64. The minimum atomic E-state index is -4.51. The number of nitrogens with one attached hydrogen (secondary N) is 1. The topological polar surface area (TPSA) is 54.2 Å². The Morgan fingerprint density at radius 2 is 2.09 bits per heavy atom. The first kappa shape index (κ1) is 16.3. The summed E-state index contributed by atoms with van der Waals surface area (Å²) in [5.41, 5.74) is 8.61. The van der Waals surface area contributed by atoms with Gasteiger partial charge in [-0.05, 0) is 37.1 Å². The molecule has 3 N–H and O–H groups in total. The van der Waals surface area contributed by atoms with Gasteiger partial charge in [0.05, 0.1) is 11.2 Å². The average molecular weight is 345 g/mol. The molecular formula is C15H16ClF3N4. The van der Waals surface area contributed by atoms with Gasteiger partial charge in [-0.2, -0.15) is 13.2 Å². The van der Waals surface area contributed by atoms with Crippen LogP contribution >= 0.6 is 11.6 Å². The molecule has 23 heavy (non-hydrogen) atoms. The molecule has 0 bridgehead atoms. The molecule has 2 heterocycles. The third kappa shape index (κ3) is 3.68. The lowest BCUT2D eigenvalue weighted by atomic mass is 10.1. The second kappa shape index (κ2) is 6.14. The molecular weight excluding hydrogens is 329 g/mol. The van der Waals surface area contributed by atoms with Crippen LogP contribution in [0.5, 0.6) is 0 Å². The van der Waals surface area contributed by atoms with Gasteiger partial charge in [0.1, 0.15) is 5.69 Å². The van der Waals surface area contributed by atoms with Gasteiger partial charge in [0, 0.05) is 29.5 Å². The van der Waals surface area contributed by atoms with E-state index in [1.165, 1.54) is 12.1 Å². The Kier molecular flexibility index (Phi) is 4.35. The van der Waals surface area contributed by atoms with Crippen molar-refractivity contribution in [2.45, 2.75) is 25.1 Å². The Morgan fingerprint density at radius 3 is 2.78 bits per heavy atom. The number of hydrazine groups is 1. The molecule has 0 aliphatic carbocycles. The van der Waals surface area contributed by atoms with Crippen LogP contribution in [-0.4, -0.2) is 29.1 Å². The first-order chi connectivity index (χ1) is 10.8. The van der Waals surface area contributed by atoms with Gasteiger partial charge in [-0.1, -0.05) is 11.6 Å². The number of hydrogen-bond acceptors (Lipinski definition) is 4. The summed E-state index contributed by atoms with van der Waals surface area (Å²) in [4.78, 5) is 3.69. The van der Waals surface area contributed by atoms with E-state index in [0.717, 1.165) is 25.5 Å². The van der Waals surface area contributed by atoms with Crippen LogP contribution in [0.25, 0.3) is 10.9 Å². The second-order valence-electron chi connectivity index (χ2n) is 5.67. The molecule has 0 radical (unpaired) electrons. The van der Waals surface area contributed by atoms with E-state index in [0.29, 0.717) is 22.6 Å². The van der Waals surface area contributed by atoms with Crippen LogP contribution in [0.3, 0.4) is 0 Å². The van der Waals surface area contributed by atoms with E-state index in [9.17, 15) is 13.2 Å². The third-order valence-electron chi connectivity index (χ3n) is 3.80. The molecule has 1 aromatic carbocycles. The molecule has 1 saturated heterocycles. The summed E-state index contributed by atoms with van der Waals surface area (Å²) in [5.74, 6) is 0. The average Bonchev–Trinajstić information content (AvgIpc) is 2.46. The number of aromatic nitrogens is 1. The molecule has 1 aromatic heterocycles. The molecule has 0 amide bonds. The van der Waals surface area contributed by atoms with Gasteiger partial charge in [0.25, 0.3) is 0 Å². The van der Waals surface area contributed by atoms with E-state index in [2.05, 4.69) is 10.4 Å². The predicted octanol–water partition coefficient (Wildman–Crippen LogP) is 3.66. The first-order valence-electron chi connectivity index (χ1n) is 7.27. The van der Waals surface area contributed by atoms with E-state index in [4.69, 9.17) is 17.3 Å². The molecule has 0 unspecified atom stereocenters. The summed E-state index contributed by atoms with van der Waals surface area (Å²) in [6.07, 6.45) is -2.71. The van der Waals surface area contributed by atoms with Crippen molar-refractivity contribution in [3.8, 4) is 0 Å². The van der Waals surface area contributed by atoms with Crippen LogP contribution in [0.15, 0.2) is 24.3 Å². The zero-order valence-electron chi connectivity index (χ0n) is 12.2. The predicted molar refractivity (Wildman–Crippen MR) is 84.2 cm³/mol. The number of nitrogens with two attached hydrogens (primary N) is 1. The van der Waals surface area contributed by atoms with Crippen molar-refractivity contribution >= 4 is 28.2 Å². The highest BCUT2D eigenvalue weighted by Crippen LogP contribution is 2.34. The van der Waals surface area contributed by atoms with Crippen molar-refractivity contribution in [1.82, 2.24) is 9.99 Å². The highest BCUT2D eigenvalue weighted by atomic mass is 35.5. The van der Waals surface area contributed by atoms with Crippen molar-refractivity contribution in [3.05, 3.63) is 35.0 Å². The number of piperidine rings is 1. The van der Waals surface area contributed by atoms with Crippen LogP contribution in [0.2, 0.25) is 5.02 Å². The molecule has 3 rings (SSSR count). The van der Waals surface area contributed by atoms with E-state index in [1.807, 2.05) is 5.01 Å². The highest BCUT2D eigenvalue weighted by Gasteiger charge is 2.33. The smallest absolute Gasteiger partial charge is 0.326 e. The number of nitrogens with zero attached hydrogens (tertiary/aromatic N) is 2. The number of rotatable bonds is 2. The SMILES string of the molecule is N[C@H]1CCCN(Nc2cc(C(F)(F)F)nc3ccc(Cl)cc23)C1. The van der Waals surface area contributed by atoms with E-state index >= 15 is 0 Å². The minimum absolute atomic E-state index is 0.00928. The molecule has 1 atom stereocenters. The van der Waals surface area contributed by atoms with Crippen LogP contribution in [0.4, 0.5) is 18.9 Å². The highest BCUT2D eigenvalue weighted by molar-refractivity contribution is 6.31. The van der Waals surface area contributed by atoms with E-state index in [1.54, 1.807) is 6.07 Å². The van der Waals surface area contributed by atoms with Gasteiger partial charge < -0.3 is 11.2 Å². The normalized spacial score (nSPS) is 20.0. The fourth-order valence-corrected chi connectivity index (χ4v) is 2.89. The molecule has 0 spiro atoms. The molecule has 1 aliphatic rings. The maximum absolute atomic E-state index is 13.1. The van der Waals surface area contributed by atoms with Gasteiger partial charge in [0.15, 0.2) is 0 Å². The van der Waals surface area contributed by atoms with E-state index in [-0.39, 0.29) is 11.6 Å². The number of halogens is 4. The van der Waals surface area contributed by atoms with Gasteiger partial charge in [0.2, 0.25) is 0 Å². The Labute approximate surface area is 136 Å². The lowest BCUT2D eigenvalue weighted by Crippen LogP contribution is -2.45. The quantitative estimate of drug-likeness (QED) is 0.873. The summed E-state index contributed by atoms with van der Waals surface area (Å²) >= 11 is 5.97. The van der Waals surface area contributed by atoms with Crippen molar-refractivity contribution in [2.75, 3.05) is 18.5 Å². The zero-order chi connectivity index (χ0) is 16.6. The Bertz CT molecular complexity index is 720. The number of pyridine rings is 1. The van der Waals surface area contributed by atoms with Gasteiger partial charge in [-0.3, -0.25) is 0 Å². The lowest BCUT2D eigenvalue weighted by molar-refractivity contribution is -0.140. The zero-order valence-corrected chi connectivity index (χ0v) is 13.0. The van der Waals surface area contributed by atoms with Crippen LogP contribution in [-0.2, 0) is 6.18 Å². The summed E-state index contributed by atoms with van der Waals surface area (Å²) in [7, 11) is 0. The maximum atomic E-state index is 13.1. The van der Waals surface area contributed by atoms with Gasteiger partial charge >= 0.3 is 6.18 Å². The molecule has 124 valence electrons. The fraction of sp³-hybridized carbons (Fsp3) is 0.400. The fourth-order valence-electron chi connectivity index (χ4n) is 2.72. The van der Waals surface area contributed by atoms with Crippen molar-refractivity contribution in [2.24, 2.45) is 5.73 Å². The van der Waals surface area contributed by atoms with Crippen molar-refractivity contribution < 1.29 is 13.2 Å². The molecule has 4 nitrogen and oxygen atoms in total. The third-order valence-corrected chi connectivity index (χ3v) is 4.03. The Hall–Kier alpha value is -1.57. The summed E-state index contributed by atoms with van der Waals surface area (Å²) < 4.78 is 39.2. The number of anilines is 1. The van der Waals surface area contributed by atoms with E-state index < -0.39 is 11.9 Å². The number of alkyl halides is 3. The van der Waals surface area contributed by atoms with Gasteiger partial charge in [-0.15, -0.1) is 0 Å². The standard InChI is InChI=1S/C15H16ClF3N4/c16-9-3-4-12-11(6-9)13(7-14(21-12)15(17,18)19)22-23-5-1-2-10(20)8-23/h3-4,6-7,10H,1-2,5,8,20H2,(H,21,22)/t10-/m0/s1. The largest absolute Gasteiger partial charge is 0.433 e. The van der Waals surface area contributed by atoms with Crippen molar-refractivity contribution in [3.63, 3.8) is 0 Å². The van der Waals surface area contributed by atoms with Crippen LogP contribution < -0.4 is 11.2 Å². The molecule has 8 heteroatoms. The number of fused-ring (bicyclic) bond motifs is 1. The molecule has 1 fully saturated rings. The monoisotopic (exact) mass is 344 g/mol. The van der Waals surface area contributed by atoms with Gasteiger partial charge in [-0.25, -0.2) is 9.99 Å². The second-order valence-corrected chi connectivity index (χ2v) is 6.11.